The summed E-state index contributed by atoms with van der Waals surface area (Å²) < 4.78 is 0. The number of anilines is 2. The molecule has 0 atom stereocenters. The minimum atomic E-state index is -0.142. The summed E-state index contributed by atoms with van der Waals surface area (Å²) >= 11 is 0. The fourth-order valence-electron chi connectivity index (χ4n) is 5.04. The summed E-state index contributed by atoms with van der Waals surface area (Å²) in [5.41, 5.74) is 2.38. The van der Waals surface area contributed by atoms with E-state index in [4.69, 9.17) is 0 Å². The number of nitrogens with zero attached hydrogens (tertiary/aromatic N) is 2. The zero-order valence-corrected chi connectivity index (χ0v) is 22.0. The summed E-state index contributed by atoms with van der Waals surface area (Å²) in [6.45, 7) is 3.13. The summed E-state index contributed by atoms with van der Waals surface area (Å²) in [5.74, 6) is -0.268. The second-order valence-corrected chi connectivity index (χ2v) is 10.2. The number of rotatable bonds is 9. The van der Waals surface area contributed by atoms with Crippen molar-refractivity contribution in [2.24, 2.45) is 0 Å². The topological polar surface area (TPSA) is 98.8 Å². The maximum atomic E-state index is 12.7. The Kier molecular flexibility index (Phi) is 9.90. The average Bonchev–Trinajstić information content (AvgIpc) is 2.96. The van der Waals surface area contributed by atoms with Crippen molar-refractivity contribution in [2.75, 3.05) is 36.8 Å². The molecule has 2 aliphatic rings. The Balaban J connectivity index is 1.17. The van der Waals surface area contributed by atoms with Gasteiger partial charge in [0, 0.05) is 61.5 Å². The molecule has 8 nitrogen and oxygen atoms in total. The molecule has 0 spiro atoms. The van der Waals surface area contributed by atoms with E-state index in [0.717, 1.165) is 64.7 Å². The zero-order valence-electron chi connectivity index (χ0n) is 22.0. The van der Waals surface area contributed by atoms with Gasteiger partial charge in [-0.25, -0.2) is 0 Å². The summed E-state index contributed by atoms with van der Waals surface area (Å²) in [6, 6.07) is 14.2. The molecule has 4 amide bonds. The molecule has 0 radical (unpaired) electrons. The van der Waals surface area contributed by atoms with Crippen LogP contribution in [0.3, 0.4) is 0 Å². The minimum Gasteiger partial charge on any atom is -0.339 e. The molecule has 2 aromatic carbocycles. The fraction of sp³-hybridized carbons (Fsp3) is 0.467. The number of carbonyl (C=O) groups is 4. The van der Waals surface area contributed by atoms with Crippen LogP contribution in [0.15, 0.2) is 48.5 Å². The smallest absolute Gasteiger partial charge is 0.253 e. The van der Waals surface area contributed by atoms with E-state index in [2.05, 4.69) is 10.6 Å². The van der Waals surface area contributed by atoms with E-state index in [1.807, 2.05) is 9.80 Å². The summed E-state index contributed by atoms with van der Waals surface area (Å²) in [5, 5.41) is 5.73. The molecule has 2 heterocycles. The number of carbonyl (C=O) groups excluding carboxylic acids is 4. The lowest BCUT2D eigenvalue weighted by molar-refractivity contribution is -0.118. The Bertz CT molecular complexity index is 1050. The molecule has 2 saturated heterocycles. The van der Waals surface area contributed by atoms with Gasteiger partial charge in [0.2, 0.25) is 11.8 Å². The molecule has 202 valence electrons. The molecule has 38 heavy (non-hydrogen) atoms. The van der Waals surface area contributed by atoms with E-state index in [1.165, 1.54) is 0 Å². The molecule has 0 aromatic heterocycles. The Hall–Kier alpha value is -3.68. The van der Waals surface area contributed by atoms with E-state index < -0.39 is 0 Å². The fourth-order valence-corrected chi connectivity index (χ4v) is 5.04. The Morgan fingerprint density at radius 2 is 0.974 bits per heavy atom. The van der Waals surface area contributed by atoms with Crippen LogP contribution < -0.4 is 10.6 Å². The van der Waals surface area contributed by atoms with Crippen molar-refractivity contribution < 1.29 is 19.2 Å². The van der Waals surface area contributed by atoms with E-state index in [-0.39, 0.29) is 36.5 Å². The molecule has 0 saturated carbocycles. The van der Waals surface area contributed by atoms with Gasteiger partial charge in [0.25, 0.3) is 11.8 Å². The normalized spacial score (nSPS) is 15.6. The minimum absolute atomic E-state index is 0.00760. The molecule has 0 aliphatic carbocycles. The molecule has 4 rings (SSSR count). The molecule has 8 heteroatoms. The highest BCUT2D eigenvalue weighted by Crippen LogP contribution is 2.18. The molecule has 2 fully saturated rings. The third kappa shape index (κ3) is 7.91. The lowest BCUT2D eigenvalue weighted by atomic mass is 10.1. The first kappa shape index (κ1) is 27.4. The molecule has 2 N–H and O–H groups in total. The van der Waals surface area contributed by atoms with Crippen LogP contribution in [0.4, 0.5) is 11.4 Å². The lowest BCUT2D eigenvalue weighted by Crippen LogP contribution is -2.35. The van der Waals surface area contributed by atoms with E-state index in [0.29, 0.717) is 35.3 Å². The van der Waals surface area contributed by atoms with Crippen LogP contribution in [0.1, 0.15) is 84.9 Å². The average molecular weight is 519 g/mol. The highest BCUT2D eigenvalue weighted by Gasteiger charge is 2.19. The highest BCUT2D eigenvalue weighted by atomic mass is 16.2. The lowest BCUT2D eigenvalue weighted by Gasteiger charge is -2.26. The van der Waals surface area contributed by atoms with Gasteiger partial charge < -0.3 is 20.4 Å². The SMILES string of the molecule is O=C(CCCCC(=O)Nc1cccc(C(=O)N2CCCCC2)c1)Nc1cccc(C(=O)N2CCCCC2)c1. The predicted octanol–water partition coefficient (Wildman–Crippen LogP) is 5.08. The van der Waals surface area contributed by atoms with Gasteiger partial charge in [0.1, 0.15) is 0 Å². The van der Waals surface area contributed by atoms with Crippen LogP contribution in [0.5, 0.6) is 0 Å². The zero-order chi connectivity index (χ0) is 26.7. The Labute approximate surface area is 224 Å². The molecular weight excluding hydrogens is 480 g/mol. The van der Waals surface area contributed by atoms with Gasteiger partial charge >= 0.3 is 0 Å². The Morgan fingerprint density at radius 1 is 0.579 bits per heavy atom. The number of likely N-dealkylation sites (tertiary alicyclic amines) is 2. The quantitative estimate of drug-likeness (QED) is 0.453. The van der Waals surface area contributed by atoms with Crippen LogP contribution in [0.25, 0.3) is 0 Å². The maximum absolute atomic E-state index is 12.7. The van der Waals surface area contributed by atoms with Gasteiger partial charge in [-0.1, -0.05) is 12.1 Å². The first-order valence-corrected chi connectivity index (χ1v) is 13.9. The van der Waals surface area contributed by atoms with Crippen molar-refractivity contribution in [1.29, 1.82) is 0 Å². The first-order valence-electron chi connectivity index (χ1n) is 13.9. The number of amides is 4. The number of piperidine rings is 2. The first-order chi connectivity index (χ1) is 18.5. The maximum Gasteiger partial charge on any atom is 0.253 e. The van der Waals surface area contributed by atoms with Gasteiger partial charge in [0.05, 0.1) is 0 Å². The number of hydrogen-bond acceptors (Lipinski definition) is 4. The summed E-state index contributed by atoms with van der Waals surface area (Å²) in [6.07, 6.45) is 8.17. The molecule has 2 aliphatic heterocycles. The van der Waals surface area contributed by atoms with Crippen LogP contribution in [-0.4, -0.2) is 59.6 Å². The van der Waals surface area contributed by atoms with Gasteiger partial charge in [-0.3, -0.25) is 19.2 Å². The molecule has 0 bridgehead atoms. The third-order valence-corrected chi connectivity index (χ3v) is 7.13. The standard InChI is InChI=1S/C30H38N4O4/c35-27(31-25-13-9-11-23(21-25)29(37)33-17-5-1-6-18-33)15-3-4-16-28(36)32-26-14-10-12-24(22-26)30(38)34-19-7-2-8-20-34/h9-14,21-22H,1-8,15-20H2,(H,31,35)(H,32,36). The van der Waals surface area contributed by atoms with Crippen molar-refractivity contribution in [1.82, 2.24) is 9.80 Å². The van der Waals surface area contributed by atoms with Crippen LogP contribution in [0, 0.1) is 0 Å². The van der Waals surface area contributed by atoms with E-state index >= 15 is 0 Å². The van der Waals surface area contributed by atoms with E-state index in [9.17, 15) is 19.2 Å². The summed E-state index contributed by atoms with van der Waals surface area (Å²) in [7, 11) is 0. The van der Waals surface area contributed by atoms with Crippen LogP contribution in [0.2, 0.25) is 0 Å². The second-order valence-electron chi connectivity index (χ2n) is 10.2. The van der Waals surface area contributed by atoms with Gasteiger partial charge in [-0.2, -0.15) is 0 Å². The van der Waals surface area contributed by atoms with Crippen molar-refractivity contribution >= 4 is 35.0 Å². The Morgan fingerprint density at radius 3 is 1.37 bits per heavy atom. The number of unbranched alkanes of at least 4 members (excludes halogenated alkanes) is 1. The monoisotopic (exact) mass is 518 g/mol. The highest BCUT2D eigenvalue weighted by molar-refractivity contribution is 5.98. The van der Waals surface area contributed by atoms with Crippen molar-refractivity contribution in [3.63, 3.8) is 0 Å². The predicted molar refractivity (Wildman–Crippen MR) is 148 cm³/mol. The van der Waals surface area contributed by atoms with Gasteiger partial charge in [-0.05, 0) is 87.8 Å². The molecular formula is C30H38N4O4. The van der Waals surface area contributed by atoms with Crippen LogP contribution in [-0.2, 0) is 9.59 Å². The third-order valence-electron chi connectivity index (χ3n) is 7.13. The molecule has 2 aromatic rings. The van der Waals surface area contributed by atoms with Crippen molar-refractivity contribution in [2.45, 2.75) is 64.2 Å². The van der Waals surface area contributed by atoms with Gasteiger partial charge in [-0.15, -0.1) is 0 Å². The van der Waals surface area contributed by atoms with Crippen molar-refractivity contribution in [3.05, 3.63) is 59.7 Å². The molecule has 0 unspecified atom stereocenters. The van der Waals surface area contributed by atoms with Crippen LogP contribution >= 0.6 is 0 Å². The van der Waals surface area contributed by atoms with Gasteiger partial charge in [0.15, 0.2) is 0 Å². The number of hydrogen-bond donors (Lipinski definition) is 2. The number of nitrogens with one attached hydrogen (secondary N) is 2. The van der Waals surface area contributed by atoms with Crippen molar-refractivity contribution in [3.8, 4) is 0 Å². The largest absolute Gasteiger partial charge is 0.339 e. The number of benzene rings is 2. The van der Waals surface area contributed by atoms with E-state index in [1.54, 1.807) is 48.5 Å². The summed E-state index contributed by atoms with van der Waals surface area (Å²) in [4.78, 5) is 54.0. The second kappa shape index (κ2) is 13.7.